The Morgan fingerprint density at radius 1 is 0.862 bits per heavy atom. The Hall–Kier alpha value is -3.73. The highest BCUT2D eigenvalue weighted by Gasteiger charge is 2.18. The maximum Gasteiger partial charge on any atom is 0.221 e. The number of aromatic amines is 1. The molecular weight excluding hydrogens is 362 g/mol. The van der Waals surface area contributed by atoms with Crippen molar-refractivity contribution in [2.45, 2.75) is 18.9 Å². The van der Waals surface area contributed by atoms with E-state index in [9.17, 15) is 9.59 Å². The van der Waals surface area contributed by atoms with Crippen molar-refractivity contribution in [1.29, 1.82) is 0 Å². The summed E-state index contributed by atoms with van der Waals surface area (Å²) in [5.74, 6) is -0.191. The molecule has 3 aromatic carbocycles. The van der Waals surface area contributed by atoms with Gasteiger partial charge in [-0.2, -0.15) is 0 Å². The highest BCUT2D eigenvalue weighted by Crippen LogP contribution is 2.25. The molecule has 0 saturated heterocycles. The molecule has 1 heterocycles. The summed E-state index contributed by atoms with van der Waals surface area (Å²) in [4.78, 5) is 32.3. The normalized spacial score (nSPS) is 11.9. The van der Waals surface area contributed by atoms with Crippen LogP contribution in [0.3, 0.4) is 0 Å². The highest BCUT2D eigenvalue weighted by molar-refractivity contribution is 5.98. The van der Waals surface area contributed by atoms with E-state index in [0.717, 1.165) is 22.2 Å². The van der Waals surface area contributed by atoms with Crippen LogP contribution in [-0.4, -0.2) is 21.7 Å². The lowest BCUT2D eigenvalue weighted by molar-refractivity contribution is -0.121. The quantitative estimate of drug-likeness (QED) is 0.464. The molecule has 0 aliphatic rings. The van der Waals surface area contributed by atoms with E-state index >= 15 is 0 Å². The summed E-state index contributed by atoms with van der Waals surface area (Å²) in [6.07, 6.45) is 1.97. The minimum absolute atomic E-state index is 0.0316. The summed E-state index contributed by atoms with van der Waals surface area (Å²) in [6, 6.07) is 24.5. The Balaban J connectivity index is 1.51. The number of H-pyrrole nitrogens is 1. The number of Topliss-reactive ketones (excluding diaryl/α,β-unsaturated/α-hetero) is 1. The lowest BCUT2D eigenvalue weighted by Crippen LogP contribution is -2.29. The predicted octanol–water partition coefficient (Wildman–Crippen LogP) is 4.43. The molecule has 1 aromatic heterocycles. The second-order valence-corrected chi connectivity index (χ2v) is 6.88. The first-order valence-electron chi connectivity index (χ1n) is 9.56. The molecule has 0 bridgehead atoms. The summed E-state index contributed by atoms with van der Waals surface area (Å²) in [6.45, 7) is 0. The van der Waals surface area contributed by atoms with Gasteiger partial charge in [0.15, 0.2) is 5.78 Å². The van der Waals surface area contributed by atoms with Crippen LogP contribution in [0.25, 0.3) is 11.0 Å². The minimum Gasteiger partial charge on any atom is -0.345 e. The van der Waals surface area contributed by atoms with Crippen molar-refractivity contribution in [1.82, 2.24) is 15.3 Å². The number of carbonyl (C=O) groups is 2. The zero-order chi connectivity index (χ0) is 20.1. The Labute approximate surface area is 168 Å². The first kappa shape index (κ1) is 18.6. The second-order valence-electron chi connectivity index (χ2n) is 6.88. The third-order valence-electron chi connectivity index (χ3n) is 4.89. The molecule has 29 heavy (non-hydrogen) atoms. The Kier molecular flexibility index (Phi) is 5.47. The molecule has 4 aromatic rings. The third kappa shape index (κ3) is 4.41. The Morgan fingerprint density at radius 3 is 2.34 bits per heavy atom. The van der Waals surface area contributed by atoms with E-state index < -0.39 is 0 Å². The van der Waals surface area contributed by atoms with Gasteiger partial charge in [-0.15, -0.1) is 0 Å². The van der Waals surface area contributed by atoms with Crippen LogP contribution in [0, 0.1) is 0 Å². The fourth-order valence-corrected chi connectivity index (χ4v) is 3.37. The Bertz CT molecular complexity index is 1120. The van der Waals surface area contributed by atoms with Crippen LogP contribution < -0.4 is 5.32 Å². The number of nitrogens with one attached hydrogen (secondary N) is 2. The molecule has 0 spiro atoms. The fourth-order valence-electron chi connectivity index (χ4n) is 3.37. The van der Waals surface area contributed by atoms with Gasteiger partial charge >= 0.3 is 0 Å². The van der Waals surface area contributed by atoms with Crippen molar-refractivity contribution in [3.8, 4) is 0 Å². The van der Waals surface area contributed by atoms with E-state index in [0.29, 0.717) is 5.56 Å². The average Bonchev–Trinajstić information content (AvgIpc) is 3.25. The van der Waals surface area contributed by atoms with E-state index in [4.69, 9.17) is 0 Å². The van der Waals surface area contributed by atoms with Gasteiger partial charge in [0.05, 0.1) is 23.4 Å². The van der Waals surface area contributed by atoms with E-state index in [1.807, 2.05) is 66.7 Å². The lowest BCUT2D eigenvalue weighted by Gasteiger charge is -2.20. The van der Waals surface area contributed by atoms with Crippen molar-refractivity contribution in [2.75, 3.05) is 0 Å². The third-order valence-corrected chi connectivity index (χ3v) is 4.89. The van der Waals surface area contributed by atoms with Crippen LogP contribution in [0.1, 0.15) is 40.4 Å². The maximum atomic E-state index is 12.7. The summed E-state index contributed by atoms with van der Waals surface area (Å²) >= 11 is 0. The zero-order valence-corrected chi connectivity index (χ0v) is 15.8. The monoisotopic (exact) mass is 383 g/mol. The van der Waals surface area contributed by atoms with Gasteiger partial charge < -0.3 is 10.3 Å². The molecule has 0 radical (unpaired) electrons. The van der Waals surface area contributed by atoms with Gasteiger partial charge in [0, 0.05) is 18.4 Å². The number of nitrogens with zero attached hydrogens (tertiary/aromatic N) is 1. The summed E-state index contributed by atoms with van der Waals surface area (Å²) in [5, 5.41) is 3.09. The number of aromatic nitrogens is 2. The molecule has 0 aliphatic carbocycles. The number of imidazole rings is 1. The summed E-state index contributed by atoms with van der Waals surface area (Å²) in [5.41, 5.74) is 4.35. The number of benzene rings is 3. The highest BCUT2D eigenvalue weighted by atomic mass is 16.2. The van der Waals surface area contributed by atoms with E-state index in [1.54, 1.807) is 18.5 Å². The molecule has 2 N–H and O–H groups in total. The SMILES string of the molecule is O=C(CCC(=O)c1ccccc1)N[C@@H](c1ccccc1)c1ccc2nc[nH]c2c1. The number of carbonyl (C=O) groups excluding carboxylic acids is 2. The first-order chi connectivity index (χ1) is 14.2. The minimum atomic E-state index is -0.303. The lowest BCUT2D eigenvalue weighted by atomic mass is 9.97. The summed E-state index contributed by atoms with van der Waals surface area (Å²) in [7, 11) is 0. The topological polar surface area (TPSA) is 74.8 Å². The predicted molar refractivity (Wildman–Crippen MR) is 113 cm³/mol. The van der Waals surface area contributed by atoms with E-state index in [-0.39, 0.29) is 30.6 Å². The molecule has 4 rings (SSSR count). The number of hydrogen-bond acceptors (Lipinski definition) is 3. The van der Waals surface area contributed by atoms with Crippen molar-refractivity contribution in [3.63, 3.8) is 0 Å². The van der Waals surface area contributed by atoms with Gasteiger partial charge in [-0.05, 0) is 23.3 Å². The first-order valence-corrected chi connectivity index (χ1v) is 9.56. The van der Waals surface area contributed by atoms with Gasteiger partial charge in [0.2, 0.25) is 5.91 Å². The van der Waals surface area contributed by atoms with Gasteiger partial charge in [-0.25, -0.2) is 4.98 Å². The van der Waals surface area contributed by atoms with Gasteiger partial charge in [-0.1, -0.05) is 66.7 Å². The maximum absolute atomic E-state index is 12.7. The molecule has 144 valence electrons. The number of fused-ring (bicyclic) bond motifs is 1. The molecule has 0 unspecified atom stereocenters. The van der Waals surface area contributed by atoms with Gasteiger partial charge in [0.1, 0.15) is 0 Å². The van der Waals surface area contributed by atoms with Crippen molar-refractivity contribution in [3.05, 3.63) is 102 Å². The summed E-state index contributed by atoms with van der Waals surface area (Å²) < 4.78 is 0. The number of rotatable bonds is 7. The number of ketones is 1. The van der Waals surface area contributed by atoms with Crippen molar-refractivity contribution >= 4 is 22.7 Å². The molecule has 1 amide bonds. The number of amides is 1. The molecular formula is C24H21N3O2. The van der Waals surface area contributed by atoms with E-state index in [2.05, 4.69) is 15.3 Å². The van der Waals surface area contributed by atoms with Crippen LogP contribution in [0.4, 0.5) is 0 Å². The van der Waals surface area contributed by atoms with E-state index in [1.165, 1.54) is 0 Å². The van der Waals surface area contributed by atoms with Crippen LogP contribution in [0.5, 0.6) is 0 Å². The standard InChI is InChI=1S/C24H21N3O2/c28-22(17-7-3-1-4-8-17)13-14-23(29)27-24(18-9-5-2-6-10-18)19-11-12-20-21(15-19)26-16-25-20/h1-12,15-16,24H,13-14H2,(H,25,26)(H,27,29)/t24-/m0/s1. The van der Waals surface area contributed by atoms with Gasteiger partial charge in [0.25, 0.3) is 0 Å². The van der Waals surface area contributed by atoms with Crippen molar-refractivity contribution < 1.29 is 9.59 Å². The molecule has 1 atom stereocenters. The fraction of sp³-hybridized carbons (Fsp3) is 0.125. The van der Waals surface area contributed by atoms with Crippen molar-refractivity contribution in [2.24, 2.45) is 0 Å². The molecule has 0 aliphatic heterocycles. The number of hydrogen-bond donors (Lipinski definition) is 2. The van der Waals surface area contributed by atoms with Crippen LogP contribution in [0.2, 0.25) is 0 Å². The smallest absolute Gasteiger partial charge is 0.221 e. The van der Waals surface area contributed by atoms with Crippen LogP contribution >= 0.6 is 0 Å². The zero-order valence-electron chi connectivity index (χ0n) is 15.8. The average molecular weight is 383 g/mol. The molecule has 0 fully saturated rings. The molecule has 5 nitrogen and oxygen atoms in total. The largest absolute Gasteiger partial charge is 0.345 e. The Morgan fingerprint density at radius 2 is 1.59 bits per heavy atom. The second kappa shape index (κ2) is 8.52. The molecule has 0 saturated carbocycles. The molecule has 5 heteroatoms. The van der Waals surface area contributed by atoms with Crippen LogP contribution in [0.15, 0.2) is 85.2 Å². The van der Waals surface area contributed by atoms with Crippen LogP contribution in [-0.2, 0) is 4.79 Å². The van der Waals surface area contributed by atoms with Gasteiger partial charge in [-0.3, -0.25) is 9.59 Å².